The molecule has 106 valence electrons. The minimum absolute atomic E-state index is 0.125. The van der Waals surface area contributed by atoms with E-state index in [-0.39, 0.29) is 18.1 Å². The van der Waals surface area contributed by atoms with Crippen LogP contribution < -0.4 is 5.32 Å². The van der Waals surface area contributed by atoms with Crippen molar-refractivity contribution in [1.29, 1.82) is 0 Å². The van der Waals surface area contributed by atoms with Crippen molar-refractivity contribution in [2.75, 3.05) is 0 Å². The Labute approximate surface area is 121 Å². The number of nitrogens with one attached hydrogen (secondary N) is 1. The highest BCUT2D eigenvalue weighted by Gasteiger charge is 2.07. The molecule has 0 aliphatic heterocycles. The summed E-state index contributed by atoms with van der Waals surface area (Å²) in [6.45, 7) is 0.440. The van der Waals surface area contributed by atoms with E-state index in [0.29, 0.717) is 12.1 Å². The first-order valence-electron chi connectivity index (χ1n) is 6.67. The molecule has 0 atom stereocenters. The molecule has 0 spiro atoms. The van der Waals surface area contributed by atoms with Crippen LogP contribution in [0.3, 0.4) is 0 Å². The van der Waals surface area contributed by atoms with Crippen molar-refractivity contribution in [3.05, 3.63) is 66.1 Å². The Morgan fingerprint density at radius 2 is 2.10 bits per heavy atom. The molecule has 0 fully saturated rings. The van der Waals surface area contributed by atoms with Crippen LogP contribution >= 0.6 is 0 Å². The number of aromatic hydroxyl groups is 1. The van der Waals surface area contributed by atoms with Crippen molar-refractivity contribution in [3.8, 4) is 5.75 Å². The quantitative estimate of drug-likeness (QED) is 0.767. The van der Waals surface area contributed by atoms with Gasteiger partial charge in [0.05, 0.1) is 6.42 Å². The smallest absolute Gasteiger partial charge is 0.224 e. The van der Waals surface area contributed by atoms with Crippen molar-refractivity contribution in [2.24, 2.45) is 0 Å². The van der Waals surface area contributed by atoms with E-state index in [1.807, 2.05) is 28.9 Å². The molecule has 0 aliphatic carbocycles. The van der Waals surface area contributed by atoms with Gasteiger partial charge in [-0.05, 0) is 23.8 Å². The number of aromatic nitrogens is 2. The third-order valence-electron chi connectivity index (χ3n) is 3.29. The molecule has 2 N–H and O–H groups in total. The van der Waals surface area contributed by atoms with Crippen molar-refractivity contribution < 1.29 is 9.90 Å². The molecule has 0 unspecified atom stereocenters. The number of hydrogen-bond donors (Lipinski definition) is 2. The highest BCUT2D eigenvalue weighted by molar-refractivity contribution is 5.79. The predicted molar refractivity (Wildman–Crippen MR) is 78.8 cm³/mol. The van der Waals surface area contributed by atoms with E-state index in [1.54, 1.807) is 30.5 Å². The van der Waals surface area contributed by atoms with Crippen LogP contribution in [0.4, 0.5) is 0 Å². The van der Waals surface area contributed by atoms with E-state index in [4.69, 9.17) is 0 Å². The minimum atomic E-state index is -0.125. The molecule has 0 saturated carbocycles. The fraction of sp³-hybridized carbons (Fsp3) is 0.125. The molecule has 5 heteroatoms. The summed E-state index contributed by atoms with van der Waals surface area (Å²) in [6.07, 6.45) is 5.68. The lowest BCUT2D eigenvalue weighted by molar-refractivity contribution is -0.120. The molecule has 21 heavy (non-hydrogen) atoms. The number of benzene rings is 1. The Morgan fingerprint density at radius 3 is 2.95 bits per heavy atom. The number of amides is 1. The number of hydrogen-bond acceptors (Lipinski definition) is 3. The molecule has 5 nitrogen and oxygen atoms in total. The van der Waals surface area contributed by atoms with Crippen LogP contribution in [0.25, 0.3) is 5.65 Å². The average Bonchev–Trinajstić information content (AvgIpc) is 2.95. The maximum Gasteiger partial charge on any atom is 0.224 e. The zero-order valence-electron chi connectivity index (χ0n) is 11.4. The van der Waals surface area contributed by atoms with E-state index in [1.165, 1.54) is 0 Å². The number of carbonyl (C=O) groups is 1. The van der Waals surface area contributed by atoms with Crippen LogP contribution in [-0.2, 0) is 17.8 Å². The summed E-state index contributed by atoms with van der Waals surface area (Å²) in [5, 5.41) is 12.5. The minimum Gasteiger partial charge on any atom is -0.508 e. The Kier molecular flexibility index (Phi) is 3.55. The first-order chi connectivity index (χ1) is 10.2. The number of rotatable bonds is 4. The maximum absolute atomic E-state index is 11.9. The first kappa shape index (κ1) is 13.2. The SMILES string of the molecule is O=C(Cc1ccccc1O)NCc1ccn2ccnc2c1. The predicted octanol–water partition coefficient (Wildman–Crippen LogP) is 1.90. The molecular formula is C16H15N3O2. The molecule has 0 radical (unpaired) electrons. The van der Waals surface area contributed by atoms with Crippen molar-refractivity contribution >= 4 is 11.6 Å². The van der Waals surface area contributed by atoms with Gasteiger partial charge in [0.2, 0.25) is 5.91 Å². The molecule has 2 heterocycles. The van der Waals surface area contributed by atoms with Crippen LogP contribution in [-0.4, -0.2) is 20.4 Å². The Balaban J connectivity index is 1.61. The Hall–Kier alpha value is -2.82. The number of pyridine rings is 1. The van der Waals surface area contributed by atoms with Gasteiger partial charge >= 0.3 is 0 Å². The third kappa shape index (κ3) is 3.02. The number of carbonyl (C=O) groups excluding carboxylic acids is 1. The Morgan fingerprint density at radius 1 is 1.24 bits per heavy atom. The number of para-hydroxylation sites is 1. The van der Waals surface area contributed by atoms with Gasteiger partial charge in [0, 0.05) is 30.7 Å². The van der Waals surface area contributed by atoms with Crippen molar-refractivity contribution in [1.82, 2.24) is 14.7 Å². The second-order valence-corrected chi connectivity index (χ2v) is 4.81. The molecule has 1 aromatic carbocycles. The summed E-state index contributed by atoms with van der Waals surface area (Å²) < 4.78 is 1.91. The molecule has 0 aliphatic rings. The van der Waals surface area contributed by atoms with E-state index in [2.05, 4.69) is 10.3 Å². The van der Waals surface area contributed by atoms with Gasteiger partial charge in [0.15, 0.2) is 0 Å². The van der Waals surface area contributed by atoms with Gasteiger partial charge in [-0.3, -0.25) is 4.79 Å². The third-order valence-corrected chi connectivity index (χ3v) is 3.29. The van der Waals surface area contributed by atoms with Crippen LogP contribution in [0.5, 0.6) is 5.75 Å². The summed E-state index contributed by atoms with van der Waals surface area (Å²) in [5.41, 5.74) is 2.46. The van der Waals surface area contributed by atoms with Crippen LogP contribution in [0.2, 0.25) is 0 Å². The lowest BCUT2D eigenvalue weighted by atomic mass is 10.1. The van der Waals surface area contributed by atoms with Crippen LogP contribution in [0, 0.1) is 0 Å². The molecular weight excluding hydrogens is 266 g/mol. The summed E-state index contributed by atoms with van der Waals surface area (Å²) in [4.78, 5) is 16.1. The van der Waals surface area contributed by atoms with Gasteiger partial charge in [0.25, 0.3) is 0 Å². The second kappa shape index (κ2) is 5.66. The highest BCUT2D eigenvalue weighted by Crippen LogP contribution is 2.15. The number of fused-ring (bicyclic) bond motifs is 1. The molecule has 2 aromatic heterocycles. The molecule has 0 saturated heterocycles. The molecule has 3 rings (SSSR count). The summed E-state index contributed by atoms with van der Waals surface area (Å²) in [7, 11) is 0. The van der Waals surface area contributed by atoms with E-state index in [9.17, 15) is 9.90 Å². The van der Waals surface area contributed by atoms with E-state index in [0.717, 1.165) is 11.2 Å². The number of imidazole rings is 1. The zero-order chi connectivity index (χ0) is 14.7. The van der Waals surface area contributed by atoms with Crippen molar-refractivity contribution in [2.45, 2.75) is 13.0 Å². The Bertz CT molecular complexity index is 780. The largest absolute Gasteiger partial charge is 0.508 e. The molecule has 0 bridgehead atoms. The molecule has 3 aromatic rings. The van der Waals surface area contributed by atoms with E-state index < -0.39 is 0 Å². The number of phenols is 1. The molecule has 1 amide bonds. The van der Waals surface area contributed by atoms with E-state index >= 15 is 0 Å². The van der Waals surface area contributed by atoms with Gasteiger partial charge in [0.1, 0.15) is 11.4 Å². The summed E-state index contributed by atoms with van der Waals surface area (Å²) in [6, 6.07) is 10.7. The monoisotopic (exact) mass is 281 g/mol. The standard InChI is InChI=1S/C16H15N3O2/c20-14-4-2-1-3-13(14)10-16(21)18-11-12-5-7-19-8-6-17-15(19)9-12/h1-9,20H,10-11H2,(H,18,21). The van der Waals surface area contributed by atoms with Gasteiger partial charge in [-0.2, -0.15) is 0 Å². The highest BCUT2D eigenvalue weighted by atomic mass is 16.3. The topological polar surface area (TPSA) is 66.6 Å². The fourth-order valence-electron chi connectivity index (χ4n) is 2.16. The van der Waals surface area contributed by atoms with Crippen LogP contribution in [0.1, 0.15) is 11.1 Å². The summed E-state index contributed by atoms with van der Waals surface area (Å²) >= 11 is 0. The fourth-order valence-corrected chi connectivity index (χ4v) is 2.16. The van der Waals surface area contributed by atoms with Gasteiger partial charge in [-0.15, -0.1) is 0 Å². The van der Waals surface area contributed by atoms with Crippen LogP contribution in [0.15, 0.2) is 55.0 Å². The maximum atomic E-state index is 11.9. The van der Waals surface area contributed by atoms with Gasteiger partial charge in [-0.1, -0.05) is 18.2 Å². The normalized spacial score (nSPS) is 10.7. The lowest BCUT2D eigenvalue weighted by Crippen LogP contribution is -2.24. The number of nitrogens with zero attached hydrogens (tertiary/aromatic N) is 2. The lowest BCUT2D eigenvalue weighted by Gasteiger charge is -2.07. The van der Waals surface area contributed by atoms with Gasteiger partial charge < -0.3 is 14.8 Å². The zero-order valence-corrected chi connectivity index (χ0v) is 11.4. The van der Waals surface area contributed by atoms with Crippen molar-refractivity contribution in [3.63, 3.8) is 0 Å². The summed E-state index contributed by atoms with van der Waals surface area (Å²) in [5.74, 6) is 0.0196. The number of phenolic OH excluding ortho intramolecular Hbond substituents is 1. The average molecular weight is 281 g/mol. The van der Waals surface area contributed by atoms with Gasteiger partial charge in [-0.25, -0.2) is 4.98 Å². The second-order valence-electron chi connectivity index (χ2n) is 4.81. The first-order valence-corrected chi connectivity index (χ1v) is 6.67.